The third kappa shape index (κ3) is 4.33. The number of methoxy groups -OCH3 is 2. The Morgan fingerprint density at radius 3 is 2.51 bits per heavy atom. The first-order chi connectivity index (χ1) is 17.1. The maximum absolute atomic E-state index is 12.6. The Kier molecular flexibility index (Phi) is 5.93. The molecular formula is C27H23N3O5. The number of oxazole rings is 1. The zero-order valence-corrected chi connectivity index (χ0v) is 19.5. The van der Waals surface area contributed by atoms with Crippen LogP contribution in [-0.4, -0.2) is 29.2 Å². The van der Waals surface area contributed by atoms with Crippen molar-refractivity contribution in [2.24, 2.45) is 0 Å². The molecule has 176 valence electrons. The summed E-state index contributed by atoms with van der Waals surface area (Å²) in [6.45, 7) is 1.99. The van der Waals surface area contributed by atoms with Crippen LogP contribution >= 0.6 is 0 Å². The molecule has 0 aliphatic rings. The number of hydrogen-bond acceptors (Lipinski definition) is 7. The van der Waals surface area contributed by atoms with Gasteiger partial charge in [-0.05, 0) is 49.4 Å². The first-order valence-electron chi connectivity index (χ1n) is 11.0. The van der Waals surface area contributed by atoms with Gasteiger partial charge < -0.3 is 23.6 Å². The van der Waals surface area contributed by atoms with E-state index in [4.69, 9.17) is 18.6 Å². The molecule has 0 saturated heterocycles. The van der Waals surface area contributed by atoms with E-state index in [1.807, 2.05) is 61.5 Å². The second-order valence-corrected chi connectivity index (χ2v) is 7.80. The molecule has 1 N–H and O–H groups in total. The van der Waals surface area contributed by atoms with Crippen LogP contribution in [0.15, 0.2) is 75.9 Å². The lowest BCUT2D eigenvalue weighted by molar-refractivity contribution is 0.300. The highest BCUT2D eigenvalue weighted by Crippen LogP contribution is 2.34. The van der Waals surface area contributed by atoms with Crippen LogP contribution < -0.4 is 19.8 Å². The first kappa shape index (κ1) is 22.2. The van der Waals surface area contributed by atoms with Crippen LogP contribution in [0.3, 0.4) is 0 Å². The van der Waals surface area contributed by atoms with Gasteiger partial charge in [0.25, 0.3) is 5.56 Å². The Balaban J connectivity index is 1.45. The lowest BCUT2D eigenvalue weighted by atomic mass is 10.1. The highest BCUT2D eigenvalue weighted by molar-refractivity contribution is 5.80. The number of aromatic amines is 1. The van der Waals surface area contributed by atoms with E-state index in [0.717, 1.165) is 0 Å². The summed E-state index contributed by atoms with van der Waals surface area (Å²) in [5, 5.41) is 0.536. The minimum Gasteiger partial charge on any atom is -0.497 e. The Hall–Kier alpha value is -4.59. The number of nitrogens with zero attached hydrogens (tertiary/aromatic N) is 2. The standard InChI is InChI=1S/C27H23N3O5/c1-16-22(29-27(35-16)20-14-17(32-2)12-13-23(20)33-3)15-34-24-11-7-5-9-19(24)25-28-21-10-6-4-8-18(21)26(31)30-25/h4-14H,15H2,1-3H3,(H,28,30,31). The molecule has 0 bridgehead atoms. The number of ether oxygens (including phenoxy) is 3. The highest BCUT2D eigenvalue weighted by atomic mass is 16.5. The summed E-state index contributed by atoms with van der Waals surface area (Å²) in [4.78, 5) is 24.7. The van der Waals surface area contributed by atoms with Crippen LogP contribution in [0.5, 0.6) is 17.2 Å². The molecule has 0 amide bonds. The first-order valence-corrected chi connectivity index (χ1v) is 11.0. The predicted octanol–water partition coefficient (Wildman–Crippen LogP) is 5.15. The minimum atomic E-state index is -0.204. The van der Waals surface area contributed by atoms with Crippen molar-refractivity contribution in [1.82, 2.24) is 15.0 Å². The largest absolute Gasteiger partial charge is 0.497 e. The third-order valence-corrected chi connectivity index (χ3v) is 5.65. The highest BCUT2D eigenvalue weighted by Gasteiger charge is 2.18. The molecule has 0 spiro atoms. The minimum absolute atomic E-state index is 0.163. The van der Waals surface area contributed by atoms with Crippen LogP contribution in [0.2, 0.25) is 0 Å². The van der Waals surface area contributed by atoms with Gasteiger partial charge in [0.15, 0.2) is 0 Å². The quantitative estimate of drug-likeness (QED) is 0.352. The van der Waals surface area contributed by atoms with Crippen LogP contribution in [0.25, 0.3) is 33.7 Å². The summed E-state index contributed by atoms with van der Waals surface area (Å²) < 4.78 is 22.8. The molecule has 0 aliphatic heterocycles. The van der Waals surface area contributed by atoms with Gasteiger partial charge in [-0.25, -0.2) is 9.97 Å². The molecule has 8 nitrogen and oxygen atoms in total. The summed E-state index contributed by atoms with van der Waals surface area (Å²) in [6, 6.07) is 20.0. The van der Waals surface area contributed by atoms with E-state index >= 15 is 0 Å². The molecule has 8 heteroatoms. The van der Waals surface area contributed by atoms with Gasteiger partial charge in [-0.15, -0.1) is 0 Å². The average molecular weight is 469 g/mol. The Bertz CT molecular complexity index is 1570. The Morgan fingerprint density at radius 1 is 0.886 bits per heavy atom. The van der Waals surface area contributed by atoms with E-state index in [1.54, 1.807) is 26.4 Å². The van der Waals surface area contributed by atoms with Gasteiger partial charge in [0.05, 0.1) is 36.2 Å². The van der Waals surface area contributed by atoms with Gasteiger partial charge in [-0.2, -0.15) is 0 Å². The van der Waals surface area contributed by atoms with E-state index in [2.05, 4.69) is 15.0 Å². The van der Waals surface area contributed by atoms with E-state index in [1.165, 1.54) is 0 Å². The van der Waals surface area contributed by atoms with Crippen molar-refractivity contribution in [2.45, 2.75) is 13.5 Å². The molecule has 2 heterocycles. The summed E-state index contributed by atoms with van der Waals surface area (Å²) >= 11 is 0. The van der Waals surface area contributed by atoms with Gasteiger partial charge in [-0.1, -0.05) is 24.3 Å². The normalized spacial score (nSPS) is 10.9. The molecule has 2 aromatic heterocycles. The number of H-pyrrole nitrogens is 1. The van der Waals surface area contributed by atoms with Crippen LogP contribution in [-0.2, 0) is 6.61 Å². The van der Waals surface area contributed by atoms with Gasteiger partial charge in [0, 0.05) is 0 Å². The molecule has 0 fully saturated rings. The number of fused-ring (bicyclic) bond motifs is 1. The average Bonchev–Trinajstić information content (AvgIpc) is 3.27. The maximum Gasteiger partial charge on any atom is 0.259 e. The smallest absolute Gasteiger partial charge is 0.259 e. The second-order valence-electron chi connectivity index (χ2n) is 7.80. The molecule has 0 atom stereocenters. The van der Waals surface area contributed by atoms with E-state index < -0.39 is 0 Å². The fraction of sp³-hybridized carbons (Fsp3) is 0.148. The number of aromatic nitrogens is 3. The fourth-order valence-electron chi connectivity index (χ4n) is 3.81. The van der Waals surface area contributed by atoms with Crippen molar-refractivity contribution in [3.05, 3.63) is 88.5 Å². The molecule has 0 aliphatic carbocycles. The van der Waals surface area contributed by atoms with Crippen molar-refractivity contribution in [2.75, 3.05) is 14.2 Å². The number of benzene rings is 3. The number of para-hydroxylation sites is 2. The van der Waals surface area contributed by atoms with Gasteiger partial charge >= 0.3 is 0 Å². The van der Waals surface area contributed by atoms with Crippen LogP contribution in [0.4, 0.5) is 0 Å². The monoisotopic (exact) mass is 469 g/mol. The predicted molar refractivity (Wildman–Crippen MR) is 132 cm³/mol. The van der Waals surface area contributed by atoms with Gasteiger partial charge in [0.1, 0.15) is 41.1 Å². The van der Waals surface area contributed by atoms with E-state index in [0.29, 0.717) is 62.4 Å². The summed E-state index contributed by atoms with van der Waals surface area (Å²) in [7, 11) is 3.19. The molecule has 35 heavy (non-hydrogen) atoms. The summed E-state index contributed by atoms with van der Waals surface area (Å²) in [5.41, 5.74) is 2.40. The molecule has 5 aromatic rings. The second kappa shape index (κ2) is 9.34. The zero-order valence-electron chi connectivity index (χ0n) is 19.5. The molecule has 0 unspecified atom stereocenters. The van der Waals surface area contributed by atoms with E-state index in [-0.39, 0.29) is 12.2 Å². The topological polar surface area (TPSA) is 99.5 Å². The van der Waals surface area contributed by atoms with Crippen molar-refractivity contribution in [1.29, 1.82) is 0 Å². The molecule has 0 radical (unpaired) electrons. The fourth-order valence-corrected chi connectivity index (χ4v) is 3.81. The van der Waals surface area contributed by atoms with Gasteiger partial charge in [0.2, 0.25) is 5.89 Å². The Labute approximate surface area is 201 Å². The van der Waals surface area contributed by atoms with Crippen LogP contribution in [0, 0.1) is 6.92 Å². The number of rotatable bonds is 7. The van der Waals surface area contributed by atoms with Crippen molar-refractivity contribution >= 4 is 10.9 Å². The number of hydrogen-bond donors (Lipinski definition) is 1. The third-order valence-electron chi connectivity index (χ3n) is 5.65. The SMILES string of the molecule is COc1ccc(OC)c(-c2nc(COc3ccccc3-c3nc4ccccc4c(=O)[nH]3)c(C)o2)c1. The van der Waals surface area contributed by atoms with Crippen molar-refractivity contribution in [3.63, 3.8) is 0 Å². The van der Waals surface area contributed by atoms with E-state index in [9.17, 15) is 4.79 Å². The lowest BCUT2D eigenvalue weighted by Gasteiger charge is -2.10. The molecule has 5 rings (SSSR count). The lowest BCUT2D eigenvalue weighted by Crippen LogP contribution is -2.10. The molecular weight excluding hydrogens is 446 g/mol. The number of aryl methyl sites for hydroxylation is 1. The summed E-state index contributed by atoms with van der Waals surface area (Å²) in [6.07, 6.45) is 0. The van der Waals surface area contributed by atoms with Crippen molar-refractivity contribution < 1.29 is 18.6 Å². The molecule has 0 saturated carbocycles. The van der Waals surface area contributed by atoms with Crippen LogP contribution in [0.1, 0.15) is 11.5 Å². The summed E-state index contributed by atoms with van der Waals surface area (Å²) in [5.74, 6) is 3.32. The Morgan fingerprint density at radius 2 is 1.69 bits per heavy atom. The molecule has 3 aromatic carbocycles. The zero-order chi connectivity index (χ0) is 24.4. The number of nitrogens with one attached hydrogen (secondary N) is 1. The van der Waals surface area contributed by atoms with Crippen molar-refractivity contribution in [3.8, 4) is 40.1 Å². The maximum atomic E-state index is 12.6. The van der Waals surface area contributed by atoms with Gasteiger partial charge in [-0.3, -0.25) is 4.79 Å².